The molecule has 3 heteroatoms. The molecule has 1 aliphatic rings. The first-order valence-electron chi connectivity index (χ1n) is 9.78. The van der Waals surface area contributed by atoms with Gasteiger partial charge in [0.25, 0.3) is 0 Å². The first kappa shape index (κ1) is 19.0. The maximum atomic E-state index is 12.2. The molecule has 24 heavy (non-hydrogen) atoms. The third-order valence-corrected chi connectivity index (χ3v) is 5.23. The van der Waals surface area contributed by atoms with Gasteiger partial charge in [0.2, 0.25) is 5.91 Å². The molecule has 0 radical (unpaired) electrons. The smallest absolute Gasteiger partial charge is 0.249 e. The number of rotatable bonds is 11. The van der Waals surface area contributed by atoms with Crippen LogP contribution in [-0.4, -0.2) is 22.2 Å². The van der Waals surface area contributed by atoms with Crippen molar-refractivity contribution in [2.24, 2.45) is 5.92 Å². The maximum Gasteiger partial charge on any atom is 0.249 e. The number of carbonyl (C=O) groups is 1. The molecule has 134 valence electrons. The molecule has 0 bridgehead atoms. The van der Waals surface area contributed by atoms with Crippen LogP contribution < -0.4 is 0 Å². The number of unbranched alkanes of at least 4 members (excludes halogenated alkanes) is 5. The van der Waals surface area contributed by atoms with Gasteiger partial charge in [0.05, 0.1) is 6.04 Å². The summed E-state index contributed by atoms with van der Waals surface area (Å²) in [5.74, 6) is -0.0390. The summed E-state index contributed by atoms with van der Waals surface area (Å²) in [6, 6.07) is 10.5. The predicted octanol–water partition coefficient (Wildman–Crippen LogP) is 5.37. The van der Waals surface area contributed by atoms with Gasteiger partial charge in [0.1, 0.15) is 0 Å². The maximum absolute atomic E-state index is 12.2. The molecule has 0 spiro atoms. The molecule has 2 unspecified atom stereocenters. The van der Waals surface area contributed by atoms with Crippen molar-refractivity contribution in [2.45, 2.75) is 83.6 Å². The quantitative estimate of drug-likeness (QED) is 0.437. The van der Waals surface area contributed by atoms with Crippen molar-refractivity contribution in [1.82, 2.24) is 5.06 Å². The van der Waals surface area contributed by atoms with Crippen LogP contribution in [0.15, 0.2) is 30.3 Å². The molecule has 2 atom stereocenters. The minimum Gasteiger partial charge on any atom is -0.286 e. The molecule has 1 aliphatic heterocycles. The van der Waals surface area contributed by atoms with Crippen molar-refractivity contribution >= 4 is 5.91 Å². The molecule has 0 saturated carbocycles. The van der Waals surface area contributed by atoms with Crippen molar-refractivity contribution < 1.29 is 10.0 Å². The molecule has 1 amide bonds. The second-order valence-electron chi connectivity index (χ2n) is 7.20. The minimum absolute atomic E-state index is 0.0174. The molecule has 1 saturated heterocycles. The van der Waals surface area contributed by atoms with Crippen molar-refractivity contribution in [1.29, 1.82) is 0 Å². The van der Waals surface area contributed by atoms with Crippen molar-refractivity contribution in [3.63, 3.8) is 0 Å². The summed E-state index contributed by atoms with van der Waals surface area (Å²) in [4.78, 5) is 12.2. The van der Waals surface area contributed by atoms with Crippen LogP contribution in [-0.2, 0) is 11.2 Å². The Bertz CT molecular complexity index is 474. The van der Waals surface area contributed by atoms with E-state index in [1.165, 1.54) is 37.7 Å². The third-order valence-electron chi connectivity index (χ3n) is 5.23. The van der Waals surface area contributed by atoms with Gasteiger partial charge < -0.3 is 0 Å². The van der Waals surface area contributed by atoms with Gasteiger partial charge in [-0.05, 0) is 37.7 Å². The molecule has 2 rings (SSSR count). The fourth-order valence-electron chi connectivity index (χ4n) is 3.74. The Morgan fingerprint density at radius 2 is 1.71 bits per heavy atom. The van der Waals surface area contributed by atoms with Crippen LogP contribution >= 0.6 is 0 Å². The molecular formula is C21H33NO2. The number of hydroxylamine groups is 2. The lowest BCUT2D eigenvalue weighted by Gasteiger charge is -2.16. The van der Waals surface area contributed by atoms with E-state index in [1.807, 2.05) is 6.07 Å². The first-order valence-corrected chi connectivity index (χ1v) is 9.78. The molecular weight excluding hydrogens is 298 g/mol. The zero-order chi connectivity index (χ0) is 17.2. The van der Waals surface area contributed by atoms with Crippen LogP contribution in [0, 0.1) is 5.92 Å². The topological polar surface area (TPSA) is 40.5 Å². The highest BCUT2D eigenvalue weighted by Crippen LogP contribution is 2.30. The Hall–Kier alpha value is -1.35. The van der Waals surface area contributed by atoms with Gasteiger partial charge >= 0.3 is 0 Å². The number of carbonyl (C=O) groups excluding carboxylic acids is 1. The molecule has 1 aromatic carbocycles. The highest BCUT2D eigenvalue weighted by atomic mass is 16.5. The second kappa shape index (κ2) is 10.5. The molecule has 0 aromatic heterocycles. The summed E-state index contributed by atoms with van der Waals surface area (Å²) >= 11 is 0. The molecule has 3 nitrogen and oxygen atoms in total. The van der Waals surface area contributed by atoms with Gasteiger partial charge in [-0.3, -0.25) is 10.0 Å². The fourth-order valence-corrected chi connectivity index (χ4v) is 3.74. The summed E-state index contributed by atoms with van der Waals surface area (Å²) in [7, 11) is 0. The van der Waals surface area contributed by atoms with Crippen LogP contribution in [0.3, 0.4) is 0 Å². The summed E-state index contributed by atoms with van der Waals surface area (Å²) < 4.78 is 0. The number of benzene rings is 1. The largest absolute Gasteiger partial charge is 0.286 e. The lowest BCUT2D eigenvalue weighted by molar-refractivity contribution is -0.168. The van der Waals surface area contributed by atoms with Crippen molar-refractivity contribution in [3.05, 3.63) is 35.9 Å². The molecule has 0 aliphatic carbocycles. The highest BCUT2D eigenvalue weighted by molar-refractivity contribution is 5.80. The van der Waals surface area contributed by atoms with Crippen LogP contribution in [0.2, 0.25) is 0 Å². The van der Waals surface area contributed by atoms with Crippen LogP contribution in [0.1, 0.15) is 76.7 Å². The van der Waals surface area contributed by atoms with E-state index in [1.54, 1.807) is 0 Å². The van der Waals surface area contributed by atoms with E-state index in [-0.39, 0.29) is 17.9 Å². The zero-order valence-corrected chi connectivity index (χ0v) is 15.1. The summed E-state index contributed by atoms with van der Waals surface area (Å²) in [5.41, 5.74) is 1.33. The van der Waals surface area contributed by atoms with Gasteiger partial charge in [-0.2, -0.15) is 0 Å². The second-order valence-corrected chi connectivity index (χ2v) is 7.20. The number of nitrogens with zero attached hydrogens (tertiary/aromatic N) is 1. The van der Waals surface area contributed by atoms with Crippen molar-refractivity contribution in [3.8, 4) is 0 Å². The third kappa shape index (κ3) is 5.94. The SMILES string of the molecule is CCCCCCCCC1CC(CCCc2ccccc2)C(=O)N1O. The number of aryl methyl sites for hydroxylation is 1. The van der Waals surface area contributed by atoms with Crippen LogP contribution in [0.25, 0.3) is 0 Å². The Labute approximate surface area is 147 Å². The first-order chi connectivity index (χ1) is 11.7. The van der Waals surface area contributed by atoms with E-state index in [4.69, 9.17) is 0 Å². The Kier molecular flexibility index (Phi) is 8.31. The summed E-state index contributed by atoms with van der Waals surface area (Å²) in [5, 5.41) is 11.1. The standard InChI is InChI=1S/C21H33NO2/c1-2-3-4-5-6-10-16-20-17-19(21(23)22(20)24)15-11-14-18-12-8-7-9-13-18/h7-9,12-13,19-20,24H,2-6,10-11,14-17H2,1H3. The van der Waals surface area contributed by atoms with E-state index in [0.29, 0.717) is 0 Å². The Morgan fingerprint density at radius 3 is 2.46 bits per heavy atom. The average Bonchev–Trinajstić information content (AvgIpc) is 2.87. The lowest BCUT2D eigenvalue weighted by Crippen LogP contribution is -2.30. The van der Waals surface area contributed by atoms with E-state index >= 15 is 0 Å². The van der Waals surface area contributed by atoms with Gasteiger partial charge in [-0.1, -0.05) is 75.8 Å². The van der Waals surface area contributed by atoms with Crippen LogP contribution in [0.5, 0.6) is 0 Å². The van der Waals surface area contributed by atoms with Gasteiger partial charge in [0, 0.05) is 5.92 Å². The normalized spacial score (nSPS) is 20.8. The summed E-state index contributed by atoms with van der Waals surface area (Å²) in [6.07, 6.45) is 12.2. The average molecular weight is 332 g/mol. The molecule has 1 heterocycles. The fraction of sp³-hybridized carbons (Fsp3) is 0.667. The zero-order valence-electron chi connectivity index (χ0n) is 15.1. The van der Waals surface area contributed by atoms with Gasteiger partial charge in [-0.15, -0.1) is 0 Å². The molecule has 1 N–H and O–H groups in total. The van der Waals surface area contributed by atoms with Crippen molar-refractivity contribution in [2.75, 3.05) is 0 Å². The minimum atomic E-state index is -0.0564. The van der Waals surface area contributed by atoms with E-state index in [2.05, 4.69) is 31.2 Å². The number of hydrogen-bond donors (Lipinski definition) is 1. The Balaban J connectivity index is 1.65. The number of amides is 1. The number of hydrogen-bond acceptors (Lipinski definition) is 2. The Morgan fingerprint density at radius 1 is 1.00 bits per heavy atom. The molecule has 1 fully saturated rings. The van der Waals surface area contributed by atoms with E-state index < -0.39 is 0 Å². The summed E-state index contributed by atoms with van der Waals surface area (Å²) in [6.45, 7) is 2.23. The monoisotopic (exact) mass is 331 g/mol. The van der Waals surface area contributed by atoms with E-state index in [9.17, 15) is 10.0 Å². The predicted molar refractivity (Wildman–Crippen MR) is 97.9 cm³/mol. The van der Waals surface area contributed by atoms with Crippen LogP contribution in [0.4, 0.5) is 0 Å². The highest BCUT2D eigenvalue weighted by Gasteiger charge is 2.37. The lowest BCUT2D eigenvalue weighted by atomic mass is 9.95. The molecule has 1 aromatic rings. The van der Waals surface area contributed by atoms with E-state index in [0.717, 1.165) is 43.6 Å². The van der Waals surface area contributed by atoms with Gasteiger partial charge in [-0.25, -0.2) is 5.06 Å². The van der Waals surface area contributed by atoms with Gasteiger partial charge in [0.15, 0.2) is 0 Å².